The molecule has 0 aromatic carbocycles. The number of amides is 2. The van der Waals surface area contributed by atoms with Gasteiger partial charge in [-0.1, -0.05) is 6.42 Å². The van der Waals surface area contributed by atoms with Crippen molar-refractivity contribution in [2.45, 2.75) is 43.0 Å². The van der Waals surface area contributed by atoms with E-state index >= 15 is 0 Å². The third-order valence-corrected chi connectivity index (χ3v) is 4.58. The number of rotatable bonds is 5. The van der Waals surface area contributed by atoms with Gasteiger partial charge in [0.05, 0.1) is 12.1 Å². The summed E-state index contributed by atoms with van der Waals surface area (Å²) in [6, 6.07) is 0.440. The van der Waals surface area contributed by atoms with Gasteiger partial charge in [-0.25, -0.2) is 4.79 Å². The van der Waals surface area contributed by atoms with E-state index in [1.54, 1.807) is 0 Å². The molecule has 9 nitrogen and oxygen atoms in total. The lowest BCUT2D eigenvalue weighted by Crippen LogP contribution is -2.36. The largest absolute Gasteiger partial charge is 0.481 e. The van der Waals surface area contributed by atoms with E-state index in [0.29, 0.717) is 5.25 Å². The van der Waals surface area contributed by atoms with Crippen LogP contribution in [0.25, 0.3) is 0 Å². The molecule has 9 N–H and O–H groups in total. The molecule has 0 aliphatic carbocycles. The lowest BCUT2D eigenvalue weighted by atomic mass is 10.0. The zero-order valence-corrected chi connectivity index (χ0v) is 13.2. The molecule has 0 unspecified atom stereocenters. The lowest BCUT2D eigenvalue weighted by molar-refractivity contribution is -0.137. The third-order valence-electron chi connectivity index (χ3n) is 3.07. The van der Waals surface area contributed by atoms with Crippen LogP contribution in [-0.4, -0.2) is 40.2 Å². The van der Waals surface area contributed by atoms with Crippen molar-refractivity contribution in [3.05, 3.63) is 0 Å². The van der Waals surface area contributed by atoms with Crippen LogP contribution < -0.4 is 27.1 Å². The van der Waals surface area contributed by atoms with Crippen LogP contribution in [-0.2, 0) is 9.36 Å². The lowest BCUT2D eigenvalue weighted by Gasteiger charge is -2.16. The second-order valence-corrected chi connectivity index (χ2v) is 7.82. The first-order valence-corrected chi connectivity index (χ1v) is 9.49. The first-order chi connectivity index (χ1) is 9.66. The summed E-state index contributed by atoms with van der Waals surface area (Å²) in [6.45, 7) is 0. The molecule has 0 bridgehead atoms. The van der Waals surface area contributed by atoms with Gasteiger partial charge in [-0.05, 0) is 12.8 Å². The maximum atomic E-state index is 11.1. The first-order valence-electron chi connectivity index (χ1n) is 6.53. The molecule has 2 aliphatic rings. The Morgan fingerprint density at radius 1 is 1.33 bits per heavy atom. The number of thioether (sulfide) groups is 1. The minimum absolute atomic E-state index is 0.0640. The number of urea groups is 1. The SMILES string of the molecule is NP(N)(N)=O.O=C(O)CCCC[C@@H]1SC[C@@H]2NC(=O)N[C@@H]21. The molecular weight excluding hydrogens is 317 g/mol. The summed E-state index contributed by atoms with van der Waals surface area (Å²) in [4.78, 5) is 21.5. The second-order valence-electron chi connectivity index (χ2n) is 5.02. The summed E-state index contributed by atoms with van der Waals surface area (Å²) in [7, 11) is -3.14. The molecule has 2 saturated heterocycles. The van der Waals surface area contributed by atoms with Crippen LogP contribution in [0.3, 0.4) is 0 Å². The molecule has 0 radical (unpaired) electrons. The van der Waals surface area contributed by atoms with Crippen molar-refractivity contribution >= 4 is 31.4 Å². The number of carboxylic acid groups (broad SMARTS) is 1. The number of carbonyl (C=O) groups is 2. The molecule has 2 amide bonds. The molecule has 0 aromatic rings. The van der Waals surface area contributed by atoms with Crippen LogP contribution in [0.15, 0.2) is 0 Å². The molecule has 11 heteroatoms. The normalized spacial score (nSPS) is 27.2. The van der Waals surface area contributed by atoms with E-state index in [9.17, 15) is 14.2 Å². The van der Waals surface area contributed by atoms with Gasteiger partial charge in [0, 0.05) is 17.4 Å². The van der Waals surface area contributed by atoms with Gasteiger partial charge in [0.25, 0.3) is 7.59 Å². The van der Waals surface area contributed by atoms with E-state index in [4.69, 9.17) is 5.11 Å². The Labute approximate surface area is 127 Å². The van der Waals surface area contributed by atoms with Gasteiger partial charge in [-0.2, -0.15) is 11.8 Å². The monoisotopic (exact) mass is 339 g/mol. The predicted molar refractivity (Wildman–Crippen MR) is 81.8 cm³/mol. The number of aliphatic carboxylic acids is 1. The third kappa shape index (κ3) is 7.68. The molecule has 0 aromatic heterocycles. The Bertz CT molecular complexity index is 423. The zero-order valence-electron chi connectivity index (χ0n) is 11.5. The highest BCUT2D eigenvalue weighted by atomic mass is 32.2. The molecule has 2 heterocycles. The number of nitrogens with one attached hydrogen (secondary N) is 2. The first kappa shape index (κ1) is 18.2. The van der Waals surface area contributed by atoms with Crippen molar-refractivity contribution in [2.75, 3.05) is 5.75 Å². The zero-order chi connectivity index (χ0) is 16.0. The van der Waals surface area contributed by atoms with Crippen molar-refractivity contribution in [1.29, 1.82) is 0 Å². The minimum atomic E-state index is -3.14. The standard InChI is InChI=1S/C10H16N2O3S.H6N3OP/c13-8(14)4-2-1-3-7-9-6(5-16-7)11-10(15)12-9;1-5(2,3)4/h6-7,9H,1-5H2,(H,13,14)(H2,11,12,15);(H6,1,2,3,4)/t6-,7-,9-;/m0./s1. The number of carboxylic acids is 1. The molecule has 2 aliphatic heterocycles. The molecule has 0 saturated carbocycles. The van der Waals surface area contributed by atoms with Crippen LogP contribution in [0.1, 0.15) is 25.7 Å². The summed E-state index contributed by atoms with van der Waals surface area (Å²) in [5.41, 5.74) is 13.4. The van der Waals surface area contributed by atoms with E-state index < -0.39 is 13.6 Å². The minimum Gasteiger partial charge on any atom is -0.481 e. The summed E-state index contributed by atoms with van der Waals surface area (Å²) in [5.74, 6) is 0.236. The number of unbranched alkanes of at least 4 members (excludes halogenated alkanes) is 1. The molecule has 2 rings (SSSR count). The number of carbonyl (C=O) groups excluding carboxylic acids is 1. The van der Waals surface area contributed by atoms with Gasteiger partial charge in [0.15, 0.2) is 0 Å². The van der Waals surface area contributed by atoms with Crippen LogP contribution in [0.4, 0.5) is 4.79 Å². The Morgan fingerprint density at radius 2 is 1.95 bits per heavy atom. The molecule has 2 fully saturated rings. The molecule has 122 valence electrons. The van der Waals surface area contributed by atoms with Crippen LogP contribution in [0.5, 0.6) is 0 Å². The molecule has 3 atom stereocenters. The van der Waals surface area contributed by atoms with E-state index in [1.807, 2.05) is 11.8 Å². The highest BCUT2D eigenvalue weighted by Crippen LogP contribution is 2.33. The topological polar surface area (TPSA) is 174 Å². The van der Waals surface area contributed by atoms with Crippen molar-refractivity contribution < 1.29 is 19.3 Å². The highest BCUT2D eigenvalue weighted by molar-refractivity contribution is 8.00. The van der Waals surface area contributed by atoms with E-state index in [0.717, 1.165) is 25.0 Å². The number of hydrogen-bond acceptors (Lipinski definition) is 4. The van der Waals surface area contributed by atoms with E-state index in [-0.39, 0.29) is 24.5 Å². The summed E-state index contributed by atoms with van der Waals surface area (Å²) in [6.07, 6.45) is 2.88. The molecule has 21 heavy (non-hydrogen) atoms. The number of hydrogen-bond donors (Lipinski definition) is 6. The Morgan fingerprint density at radius 3 is 2.52 bits per heavy atom. The number of nitrogens with two attached hydrogens (primary N) is 3. The average molecular weight is 339 g/mol. The smallest absolute Gasteiger partial charge is 0.315 e. The second kappa shape index (κ2) is 8.00. The maximum absolute atomic E-state index is 11.1. The highest BCUT2D eigenvalue weighted by Gasteiger charge is 2.42. The van der Waals surface area contributed by atoms with Crippen LogP contribution >= 0.6 is 19.4 Å². The van der Waals surface area contributed by atoms with Gasteiger partial charge in [-0.15, -0.1) is 0 Å². The summed E-state index contributed by atoms with van der Waals surface area (Å²) >= 11 is 1.87. The fourth-order valence-corrected chi connectivity index (χ4v) is 3.81. The van der Waals surface area contributed by atoms with Crippen molar-refractivity contribution in [3.8, 4) is 0 Å². The Kier molecular flexibility index (Phi) is 6.95. The van der Waals surface area contributed by atoms with Gasteiger partial charge in [0.2, 0.25) is 0 Å². The van der Waals surface area contributed by atoms with Gasteiger partial charge in [-0.3, -0.25) is 25.9 Å². The molecular formula is C10H22N5O4PS. The van der Waals surface area contributed by atoms with E-state index in [1.165, 1.54) is 0 Å². The maximum Gasteiger partial charge on any atom is 0.315 e. The summed E-state index contributed by atoms with van der Waals surface area (Å²) in [5, 5.41) is 14.8. The van der Waals surface area contributed by atoms with Gasteiger partial charge in [0.1, 0.15) is 0 Å². The average Bonchev–Trinajstić information content (AvgIpc) is 2.82. The van der Waals surface area contributed by atoms with Gasteiger partial charge >= 0.3 is 12.0 Å². The Hall–Kier alpha value is -0.800. The van der Waals surface area contributed by atoms with Crippen LogP contribution in [0, 0.1) is 0 Å². The van der Waals surface area contributed by atoms with Crippen molar-refractivity contribution in [2.24, 2.45) is 16.5 Å². The van der Waals surface area contributed by atoms with Crippen molar-refractivity contribution in [3.63, 3.8) is 0 Å². The van der Waals surface area contributed by atoms with Gasteiger partial charge < -0.3 is 15.7 Å². The van der Waals surface area contributed by atoms with Crippen molar-refractivity contribution in [1.82, 2.24) is 10.6 Å². The fraction of sp³-hybridized carbons (Fsp3) is 0.800. The number of fused-ring (bicyclic) bond motifs is 1. The predicted octanol–water partition coefficient (Wildman–Crippen LogP) is -0.233. The van der Waals surface area contributed by atoms with E-state index in [2.05, 4.69) is 27.1 Å². The molecule has 0 spiro atoms. The summed E-state index contributed by atoms with van der Waals surface area (Å²) < 4.78 is 9.55. The quantitative estimate of drug-likeness (QED) is 0.226. The fourth-order valence-electron chi connectivity index (χ4n) is 2.26. The Balaban J connectivity index is 0.000000383. The van der Waals surface area contributed by atoms with Crippen LogP contribution in [0.2, 0.25) is 0 Å².